The van der Waals surface area contributed by atoms with E-state index < -0.39 is 10.0 Å². The van der Waals surface area contributed by atoms with Gasteiger partial charge >= 0.3 is 0 Å². The lowest BCUT2D eigenvalue weighted by Crippen LogP contribution is -2.43. The maximum Gasteiger partial charge on any atom is 0.208 e. The zero-order valence-electron chi connectivity index (χ0n) is 15.0. The number of nitrogens with zero attached hydrogens (tertiary/aromatic N) is 2. The molecule has 0 amide bonds. The summed E-state index contributed by atoms with van der Waals surface area (Å²) in [4.78, 5) is 6.86. The van der Waals surface area contributed by atoms with Gasteiger partial charge in [-0.25, -0.2) is 13.1 Å². The molecule has 0 aliphatic carbocycles. The van der Waals surface area contributed by atoms with Gasteiger partial charge in [0.2, 0.25) is 10.0 Å². The van der Waals surface area contributed by atoms with Crippen molar-refractivity contribution in [2.45, 2.75) is 19.8 Å². The molecule has 0 fully saturated rings. The number of aliphatic imine (C=N–C) groups is 1. The molecule has 1 heterocycles. The van der Waals surface area contributed by atoms with Crippen molar-refractivity contribution in [2.24, 2.45) is 4.99 Å². The molecule has 0 spiro atoms. The van der Waals surface area contributed by atoms with E-state index in [1.54, 1.807) is 0 Å². The first kappa shape index (κ1) is 19.5. The molecule has 0 saturated heterocycles. The Morgan fingerprint density at radius 3 is 2.64 bits per heavy atom. The van der Waals surface area contributed by atoms with Crippen LogP contribution in [0.25, 0.3) is 5.57 Å². The van der Waals surface area contributed by atoms with Crippen molar-refractivity contribution in [3.05, 3.63) is 42.0 Å². The first-order chi connectivity index (χ1) is 12.0. The molecule has 0 aromatic heterocycles. The van der Waals surface area contributed by atoms with Gasteiger partial charge in [0.05, 0.1) is 6.26 Å². The standard InChI is InChI=1S/C18H28N4O2S/c1-3-19-18(20-12-7-13-21-25(2,23)24)22-14-10-17(11-15-22)16-8-5-4-6-9-16/h4-6,8-10,21H,3,7,11-15H2,1-2H3,(H,19,20). The molecule has 0 unspecified atom stereocenters. The van der Waals surface area contributed by atoms with Crippen LogP contribution in [0.5, 0.6) is 0 Å². The lowest BCUT2D eigenvalue weighted by atomic mass is 10.00. The molecule has 1 aromatic rings. The largest absolute Gasteiger partial charge is 0.357 e. The Bertz CT molecular complexity index is 699. The Morgan fingerprint density at radius 1 is 1.28 bits per heavy atom. The van der Waals surface area contributed by atoms with Crippen molar-refractivity contribution in [3.63, 3.8) is 0 Å². The Hall–Kier alpha value is -1.86. The molecule has 7 heteroatoms. The molecule has 25 heavy (non-hydrogen) atoms. The zero-order chi connectivity index (χ0) is 18.1. The average Bonchev–Trinajstić information content (AvgIpc) is 2.60. The minimum Gasteiger partial charge on any atom is -0.357 e. The van der Waals surface area contributed by atoms with E-state index in [-0.39, 0.29) is 0 Å². The maximum absolute atomic E-state index is 11.1. The third-order valence-corrected chi connectivity index (χ3v) is 4.68. The first-order valence-electron chi connectivity index (χ1n) is 8.72. The summed E-state index contributed by atoms with van der Waals surface area (Å²) in [7, 11) is -3.12. The van der Waals surface area contributed by atoms with Crippen molar-refractivity contribution >= 4 is 21.6 Å². The number of nitrogens with one attached hydrogen (secondary N) is 2. The minimum absolute atomic E-state index is 0.416. The molecule has 1 aliphatic rings. The fourth-order valence-corrected chi connectivity index (χ4v) is 3.24. The summed E-state index contributed by atoms with van der Waals surface area (Å²) in [6.45, 7) is 5.63. The van der Waals surface area contributed by atoms with Crippen molar-refractivity contribution in [1.82, 2.24) is 14.9 Å². The van der Waals surface area contributed by atoms with E-state index >= 15 is 0 Å². The lowest BCUT2D eigenvalue weighted by Gasteiger charge is -2.30. The maximum atomic E-state index is 11.1. The van der Waals surface area contributed by atoms with Crippen LogP contribution in [0.4, 0.5) is 0 Å². The molecule has 0 saturated carbocycles. The molecule has 0 atom stereocenters. The summed E-state index contributed by atoms with van der Waals surface area (Å²) >= 11 is 0. The average molecular weight is 365 g/mol. The van der Waals surface area contributed by atoms with Crippen molar-refractivity contribution in [2.75, 3.05) is 39.0 Å². The smallest absolute Gasteiger partial charge is 0.208 e. The summed E-state index contributed by atoms with van der Waals surface area (Å²) < 4.78 is 24.6. The van der Waals surface area contributed by atoms with Gasteiger partial charge in [0.15, 0.2) is 5.96 Å². The van der Waals surface area contributed by atoms with Crippen LogP contribution >= 0.6 is 0 Å². The minimum atomic E-state index is -3.12. The Labute approximate surface area is 151 Å². The molecular formula is C18H28N4O2S. The SMILES string of the molecule is CCNC(=NCCCNS(C)(=O)=O)N1CC=C(c2ccccc2)CC1. The van der Waals surface area contributed by atoms with Crippen molar-refractivity contribution in [3.8, 4) is 0 Å². The molecule has 2 rings (SSSR count). The fourth-order valence-electron chi connectivity index (χ4n) is 2.72. The molecule has 2 N–H and O–H groups in total. The molecule has 6 nitrogen and oxygen atoms in total. The molecular weight excluding hydrogens is 336 g/mol. The van der Waals surface area contributed by atoms with Crippen LogP contribution in [0.15, 0.2) is 41.4 Å². The van der Waals surface area contributed by atoms with Gasteiger partial charge in [0, 0.05) is 32.7 Å². The van der Waals surface area contributed by atoms with Crippen LogP contribution in [-0.2, 0) is 10.0 Å². The van der Waals surface area contributed by atoms with Gasteiger partial charge in [0.25, 0.3) is 0 Å². The Morgan fingerprint density at radius 2 is 2.04 bits per heavy atom. The second-order valence-electron chi connectivity index (χ2n) is 6.05. The highest BCUT2D eigenvalue weighted by molar-refractivity contribution is 7.88. The van der Waals surface area contributed by atoms with Gasteiger partial charge < -0.3 is 10.2 Å². The summed E-state index contributed by atoms with van der Waals surface area (Å²) in [5.74, 6) is 0.894. The van der Waals surface area contributed by atoms with E-state index in [2.05, 4.69) is 57.2 Å². The van der Waals surface area contributed by atoms with E-state index in [0.717, 1.165) is 32.0 Å². The van der Waals surface area contributed by atoms with Crippen LogP contribution in [0.2, 0.25) is 0 Å². The molecule has 0 radical (unpaired) electrons. The van der Waals surface area contributed by atoms with Crippen molar-refractivity contribution < 1.29 is 8.42 Å². The molecule has 0 bridgehead atoms. The van der Waals surface area contributed by atoms with Gasteiger partial charge in [0.1, 0.15) is 0 Å². The predicted octanol–water partition coefficient (Wildman–Crippen LogP) is 1.68. The van der Waals surface area contributed by atoms with Gasteiger partial charge in [-0.15, -0.1) is 0 Å². The highest BCUT2D eigenvalue weighted by Gasteiger charge is 2.15. The Kier molecular flexibility index (Phi) is 7.46. The summed E-state index contributed by atoms with van der Waals surface area (Å²) in [6.07, 6.45) is 5.10. The zero-order valence-corrected chi connectivity index (χ0v) is 15.8. The highest BCUT2D eigenvalue weighted by Crippen LogP contribution is 2.21. The first-order valence-corrected chi connectivity index (χ1v) is 10.6. The summed E-state index contributed by atoms with van der Waals surface area (Å²) in [5, 5.41) is 3.32. The quantitative estimate of drug-likeness (QED) is 0.439. The predicted molar refractivity (Wildman–Crippen MR) is 104 cm³/mol. The second-order valence-corrected chi connectivity index (χ2v) is 7.88. The van der Waals surface area contributed by atoms with E-state index in [1.165, 1.54) is 17.4 Å². The van der Waals surface area contributed by atoms with Crippen LogP contribution in [-0.4, -0.2) is 58.3 Å². The number of hydrogen-bond acceptors (Lipinski definition) is 3. The number of hydrogen-bond donors (Lipinski definition) is 2. The number of benzene rings is 1. The van der Waals surface area contributed by atoms with Gasteiger partial charge in [-0.2, -0.15) is 0 Å². The van der Waals surface area contributed by atoms with Crippen LogP contribution in [0, 0.1) is 0 Å². The normalized spacial score (nSPS) is 15.8. The number of guanidine groups is 1. The van der Waals surface area contributed by atoms with Crippen LogP contribution in [0.1, 0.15) is 25.3 Å². The second kappa shape index (κ2) is 9.58. The Balaban J connectivity index is 1.90. The fraction of sp³-hybridized carbons (Fsp3) is 0.500. The van der Waals surface area contributed by atoms with E-state index in [4.69, 9.17) is 0 Å². The van der Waals surface area contributed by atoms with Gasteiger partial charge in [-0.05, 0) is 30.9 Å². The summed E-state index contributed by atoms with van der Waals surface area (Å²) in [5.41, 5.74) is 2.67. The molecule has 138 valence electrons. The van der Waals surface area contributed by atoms with E-state index in [9.17, 15) is 8.42 Å². The number of rotatable bonds is 7. The monoisotopic (exact) mass is 364 g/mol. The van der Waals surface area contributed by atoms with Crippen LogP contribution < -0.4 is 10.0 Å². The van der Waals surface area contributed by atoms with E-state index in [0.29, 0.717) is 19.5 Å². The topological polar surface area (TPSA) is 73.8 Å². The third kappa shape index (κ3) is 6.88. The van der Waals surface area contributed by atoms with Crippen molar-refractivity contribution in [1.29, 1.82) is 0 Å². The summed E-state index contributed by atoms with van der Waals surface area (Å²) in [6, 6.07) is 10.5. The lowest BCUT2D eigenvalue weighted by molar-refractivity contribution is 0.440. The number of sulfonamides is 1. The molecule has 1 aliphatic heterocycles. The van der Waals surface area contributed by atoms with Gasteiger partial charge in [-0.3, -0.25) is 4.99 Å². The van der Waals surface area contributed by atoms with Gasteiger partial charge in [-0.1, -0.05) is 36.4 Å². The third-order valence-electron chi connectivity index (χ3n) is 3.95. The van der Waals surface area contributed by atoms with E-state index in [1.807, 2.05) is 6.07 Å². The van der Waals surface area contributed by atoms with Crippen LogP contribution in [0.3, 0.4) is 0 Å². The molecule has 1 aromatic carbocycles. The highest BCUT2D eigenvalue weighted by atomic mass is 32.2.